The average molecular weight is 405 g/mol. The van der Waals surface area contributed by atoms with Crippen LogP contribution in [0.4, 0.5) is 5.69 Å². The SMILES string of the molecule is COc1cccc2cc(C(=O)Nc3cnn(CC4COc5ccccc5O4)c3)oc12. The van der Waals surface area contributed by atoms with Crippen LogP contribution in [0.25, 0.3) is 11.0 Å². The second-order valence-electron chi connectivity index (χ2n) is 6.89. The molecule has 0 saturated carbocycles. The highest BCUT2D eigenvalue weighted by Crippen LogP contribution is 2.31. The lowest BCUT2D eigenvalue weighted by molar-refractivity contribution is 0.0759. The van der Waals surface area contributed by atoms with Crippen LogP contribution in [0.1, 0.15) is 10.6 Å². The van der Waals surface area contributed by atoms with Gasteiger partial charge in [0.15, 0.2) is 34.7 Å². The zero-order chi connectivity index (χ0) is 20.5. The zero-order valence-electron chi connectivity index (χ0n) is 16.2. The summed E-state index contributed by atoms with van der Waals surface area (Å²) in [5, 5.41) is 7.90. The van der Waals surface area contributed by atoms with Crippen molar-refractivity contribution in [2.45, 2.75) is 12.6 Å². The third-order valence-corrected chi connectivity index (χ3v) is 4.80. The second-order valence-corrected chi connectivity index (χ2v) is 6.89. The number of carbonyl (C=O) groups excluding carboxylic acids is 1. The van der Waals surface area contributed by atoms with Crippen LogP contribution in [-0.4, -0.2) is 35.5 Å². The first-order chi connectivity index (χ1) is 14.7. The Balaban J connectivity index is 1.26. The molecule has 1 amide bonds. The minimum atomic E-state index is -0.362. The molecule has 3 heterocycles. The molecule has 8 heteroatoms. The molecular weight excluding hydrogens is 386 g/mol. The number of hydrogen-bond donors (Lipinski definition) is 1. The van der Waals surface area contributed by atoms with Gasteiger partial charge in [0.1, 0.15) is 6.61 Å². The fraction of sp³-hybridized carbons (Fsp3) is 0.182. The number of anilines is 1. The Bertz CT molecular complexity index is 1210. The van der Waals surface area contributed by atoms with Gasteiger partial charge in [-0.1, -0.05) is 24.3 Å². The fourth-order valence-electron chi connectivity index (χ4n) is 3.39. The third kappa shape index (κ3) is 3.43. The summed E-state index contributed by atoms with van der Waals surface area (Å²) in [5.41, 5.74) is 1.10. The second kappa shape index (κ2) is 7.47. The molecule has 0 aliphatic carbocycles. The van der Waals surface area contributed by atoms with Crippen molar-refractivity contribution in [1.82, 2.24) is 9.78 Å². The fourth-order valence-corrected chi connectivity index (χ4v) is 3.39. The Kier molecular flexibility index (Phi) is 4.51. The van der Waals surface area contributed by atoms with Crippen LogP contribution in [-0.2, 0) is 6.54 Å². The number of para-hydroxylation sites is 3. The molecular formula is C22H19N3O5. The lowest BCUT2D eigenvalue weighted by Crippen LogP contribution is -2.33. The Morgan fingerprint density at radius 2 is 2.10 bits per heavy atom. The minimum absolute atomic E-state index is 0.175. The van der Waals surface area contributed by atoms with Gasteiger partial charge < -0.3 is 23.9 Å². The number of fused-ring (bicyclic) bond motifs is 2. The number of rotatable bonds is 5. The van der Waals surface area contributed by atoms with E-state index in [4.69, 9.17) is 18.6 Å². The van der Waals surface area contributed by atoms with Crippen molar-refractivity contribution in [3.8, 4) is 17.2 Å². The summed E-state index contributed by atoms with van der Waals surface area (Å²) in [5.74, 6) is 1.87. The summed E-state index contributed by atoms with van der Waals surface area (Å²) < 4.78 is 24.3. The lowest BCUT2D eigenvalue weighted by atomic mass is 10.2. The molecule has 0 fully saturated rings. The summed E-state index contributed by atoms with van der Waals surface area (Å²) in [7, 11) is 1.56. The lowest BCUT2D eigenvalue weighted by Gasteiger charge is -2.26. The van der Waals surface area contributed by atoms with E-state index in [0.717, 1.165) is 16.9 Å². The van der Waals surface area contributed by atoms with E-state index in [1.165, 1.54) is 0 Å². The van der Waals surface area contributed by atoms with Crippen LogP contribution >= 0.6 is 0 Å². The molecule has 1 aliphatic heterocycles. The summed E-state index contributed by atoms with van der Waals surface area (Å²) in [4.78, 5) is 12.6. The van der Waals surface area contributed by atoms with Crippen molar-refractivity contribution >= 4 is 22.6 Å². The number of furan rings is 1. The highest BCUT2D eigenvalue weighted by molar-refractivity contribution is 6.05. The van der Waals surface area contributed by atoms with Crippen LogP contribution in [0.5, 0.6) is 17.2 Å². The third-order valence-electron chi connectivity index (χ3n) is 4.80. The predicted molar refractivity (Wildman–Crippen MR) is 109 cm³/mol. The van der Waals surface area contributed by atoms with Crippen LogP contribution in [0, 0.1) is 0 Å². The monoisotopic (exact) mass is 405 g/mol. The summed E-state index contributed by atoms with van der Waals surface area (Å²) in [6, 6.07) is 14.7. The normalized spacial score (nSPS) is 15.2. The summed E-state index contributed by atoms with van der Waals surface area (Å²) >= 11 is 0. The van der Waals surface area contributed by atoms with E-state index in [0.29, 0.717) is 30.2 Å². The van der Waals surface area contributed by atoms with Gasteiger partial charge in [0.05, 0.1) is 25.5 Å². The van der Waals surface area contributed by atoms with E-state index in [2.05, 4.69) is 10.4 Å². The highest BCUT2D eigenvalue weighted by atomic mass is 16.6. The molecule has 0 bridgehead atoms. The van der Waals surface area contributed by atoms with Gasteiger partial charge in [-0.3, -0.25) is 9.48 Å². The molecule has 1 unspecified atom stereocenters. The molecule has 1 aliphatic rings. The largest absolute Gasteiger partial charge is 0.493 e. The van der Waals surface area contributed by atoms with Crippen molar-refractivity contribution in [1.29, 1.82) is 0 Å². The zero-order valence-corrected chi connectivity index (χ0v) is 16.2. The van der Waals surface area contributed by atoms with Crippen molar-refractivity contribution in [3.05, 3.63) is 66.7 Å². The number of nitrogens with one attached hydrogen (secondary N) is 1. The molecule has 2 aromatic heterocycles. The molecule has 1 N–H and O–H groups in total. The minimum Gasteiger partial charge on any atom is -0.493 e. The molecule has 8 nitrogen and oxygen atoms in total. The Morgan fingerprint density at radius 3 is 2.97 bits per heavy atom. The highest BCUT2D eigenvalue weighted by Gasteiger charge is 2.22. The van der Waals surface area contributed by atoms with Crippen molar-refractivity contribution in [2.75, 3.05) is 19.0 Å². The van der Waals surface area contributed by atoms with Crippen LogP contribution < -0.4 is 19.5 Å². The van der Waals surface area contributed by atoms with E-state index < -0.39 is 0 Å². The number of methoxy groups -OCH3 is 1. The van der Waals surface area contributed by atoms with Gasteiger partial charge >= 0.3 is 0 Å². The maximum Gasteiger partial charge on any atom is 0.291 e. The molecule has 1 atom stereocenters. The van der Waals surface area contributed by atoms with Gasteiger partial charge in [-0.2, -0.15) is 5.10 Å². The maximum absolute atomic E-state index is 12.6. The molecule has 0 spiro atoms. The first-order valence-corrected chi connectivity index (χ1v) is 9.48. The van der Waals surface area contributed by atoms with Crippen molar-refractivity contribution < 1.29 is 23.4 Å². The number of nitrogens with zero attached hydrogens (tertiary/aromatic N) is 2. The topological polar surface area (TPSA) is 87.8 Å². The Morgan fingerprint density at radius 1 is 1.23 bits per heavy atom. The van der Waals surface area contributed by atoms with Gasteiger partial charge in [-0.05, 0) is 24.3 Å². The Labute approximate surface area is 171 Å². The average Bonchev–Trinajstić information content (AvgIpc) is 3.40. The maximum atomic E-state index is 12.6. The number of aromatic nitrogens is 2. The number of amides is 1. The van der Waals surface area contributed by atoms with Crippen LogP contribution in [0.2, 0.25) is 0 Å². The van der Waals surface area contributed by atoms with E-state index in [9.17, 15) is 4.79 Å². The van der Waals surface area contributed by atoms with E-state index in [1.54, 1.807) is 36.3 Å². The molecule has 4 aromatic rings. The number of ether oxygens (including phenoxy) is 3. The van der Waals surface area contributed by atoms with Crippen molar-refractivity contribution in [3.63, 3.8) is 0 Å². The first-order valence-electron chi connectivity index (χ1n) is 9.48. The summed E-state index contributed by atoms with van der Waals surface area (Å²) in [6.45, 7) is 0.922. The van der Waals surface area contributed by atoms with Crippen LogP contribution in [0.15, 0.2) is 65.3 Å². The van der Waals surface area contributed by atoms with Crippen LogP contribution in [0.3, 0.4) is 0 Å². The van der Waals surface area contributed by atoms with Gasteiger partial charge in [-0.15, -0.1) is 0 Å². The smallest absolute Gasteiger partial charge is 0.291 e. The van der Waals surface area contributed by atoms with Gasteiger partial charge in [0, 0.05) is 11.6 Å². The van der Waals surface area contributed by atoms with Gasteiger partial charge in [0.2, 0.25) is 0 Å². The molecule has 152 valence electrons. The molecule has 30 heavy (non-hydrogen) atoms. The van der Waals surface area contributed by atoms with Gasteiger partial charge in [0.25, 0.3) is 5.91 Å². The quantitative estimate of drug-likeness (QED) is 0.544. The molecule has 5 rings (SSSR count). The van der Waals surface area contributed by atoms with Gasteiger partial charge in [-0.25, -0.2) is 0 Å². The molecule has 2 aromatic carbocycles. The summed E-state index contributed by atoms with van der Waals surface area (Å²) in [6.07, 6.45) is 3.15. The van der Waals surface area contributed by atoms with Crippen molar-refractivity contribution in [2.24, 2.45) is 0 Å². The molecule has 0 saturated heterocycles. The standard InChI is InChI=1S/C22H19N3O5/c1-27-19-8-4-5-14-9-20(30-21(14)19)22(26)24-15-10-23-25(11-15)12-16-13-28-17-6-2-3-7-18(17)29-16/h2-11,16H,12-13H2,1H3,(H,24,26). The number of carbonyl (C=O) groups is 1. The predicted octanol–water partition coefficient (Wildman–Crippen LogP) is 3.73. The van der Waals surface area contributed by atoms with E-state index in [1.807, 2.05) is 36.4 Å². The Hall–Kier alpha value is -3.94. The van der Waals surface area contributed by atoms with E-state index >= 15 is 0 Å². The number of hydrogen-bond acceptors (Lipinski definition) is 6. The molecule has 0 radical (unpaired) electrons. The first kappa shape index (κ1) is 18.1. The number of benzene rings is 2. The van der Waals surface area contributed by atoms with E-state index in [-0.39, 0.29) is 17.8 Å².